The Bertz CT molecular complexity index is 372. The molecule has 0 radical (unpaired) electrons. The van der Waals surface area contributed by atoms with Gasteiger partial charge in [0.25, 0.3) is 0 Å². The topological polar surface area (TPSA) is 61.9 Å². The van der Waals surface area contributed by atoms with Gasteiger partial charge in [-0.05, 0) is 31.7 Å². The highest BCUT2D eigenvalue weighted by molar-refractivity contribution is 5.79. The maximum Gasteiger partial charge on any atom is 0.234 e. The van der Waals surface area contributed by atoms with Crippen molar-refractivity contribution < 1.29 is 14.3 Å². The summed E-state index contributed by atoms with van der Waals surface area (Å²) in [7, 11) is 3.57. The molecule has 1 heterocycles. The number of hydrogen-bond donors (Lipinski definition) is 1. The zero-order valence-corrected chi connectivity index (χ0v) is 15.1. The predicted molar refractivity (Wildman–Crippen MR) is 91.1 cm³/mol. The van der Waals surface area contributed by atoms with Gasteiger partial charge >= 0.3 is 0 Å². The minimum atomic E-state index is 0.00964. The Hall–Kier alpha value is -1.14. The third kappa shape index (κ3) is 8.32. The molecule has 0 aliphatic carbocycles. The van der Waals surface area contributed by atoms with Gasteiger partial charge in [0.2, 0.25) is 11.8 Å². The van der Waals surface area contributed by atoms with Crippen molar-refractivity contribution in [1.82, 2.24) is 15.1 Å². The SMILES string of the molecule is CC(C)CCOCCNC(=O)CN1CCCC(C(=O)N(C)C)C1. The van der Waals surface area contributed by atoms with Crippen molar-refractivity contribution in [3.63, 3.8) is 0 Å². The zero-order valence-electron chi connectivity index (χ0n) is 15.1. The Morgan fingerprint density at radius 1 is 1.30 bits per heavy atom. The molecule has 1 saturated heterocycles. The van der Waals surface area contributed by atoms with Crippen LogP contribution in [0.4, 0.5) is 0 Å². The van der Waals surface area contributed by atoms with Crippen LogP contribution in [0, 0.1) is 11.8 Å². The zero-order chi connectivity index (χ0) is 17.2. The van der Waals surface area contributed by atoms with Crippen LogP contribution in [0.25, 0.3) is 0 Å². The Kier molecular flexibility index (Phi) is 9.17. The van der Waals surface area contributed by atoms with Crippen LogP contribution < -0.4 is 5.32 Å². The van der Waals surface area contributed by atoms with E-state index in [0.717, 1.165) is 32.4 Å². The average Bonchev–Trinajstić information content (AvgIpc) is 2.49. The van der Waals surface area contributed by atoms with E-state index in [1.54, 1.807) is 19.0 Å². The van der Waals surface area contributed by atoms with Crippen molar-refractivity contribution in [1.29, 1.82) is 0 Å². The van der Waals surface area contributed by atoms with E-state index < -0.39 is 0 Å². The molecule has 6 heteroatoms. The lowest BCUT2D eigenvalue weighted by Crippen LogP contribution is -2.46. The molecular weight excluding hydrogens is 294 g/mol. The summed E-state index contributed by atoms with van der Waals surface area (Å²) in [6, 6.07) is 0. The van der Waals surface area contributed by atoms with Crippen molar-refractivity contribution >= 4 is 11.8 Å². The summed E-state index contributed by atoms with van der Waals surface area (Å²) < 4.78 is 5.48. The van der Waals surface area contributed by atoms with E-state index in [0.29, 0.717) is 32.2 Å². The highest BCUT2D eigenvalue weighted by atomic mass is 16.5. The minimum absolute atomic E-state index is 0.00964. The molecule has 0 aromatic rings. The van der Waals surface area contributed by atoms with Crippen LogP contribution in [-0.4, -0.2) is 75.1 Å². The standard InChI is InChI=1S/C17H33N3O3/c1-14(2)7-10-23-11-8-18-16(21)13-20-9-5-6-15(12-20)17(22)19(3)4/h14-15H,5-13H2,1-4H3,(H,18,21). The lowest BCUT2D eigenvalue weighted by atomic mass is 9.97. The van der Waals surface area contributed by atoms with Crippen LogP contribution >= 0.6 is 0 Å². The van der Waals surface area contributed by atoms with Gasteiger partial charge in [-0.25, -0.2) is 0 Å². The lowest BCUT2D eigenvalue weighted by Gasteiger charge is -2.32. The fourth-order valence-electron chi connectivity index (χ4n) is 2.71. The van der Waals surface area contributed by atoms with Gasteiger partial charge in [-0.2, -0.15) is 0 Å². The van der Waals surface area contributed by atoms with Gasteiger partial charge in [0.15, 0.2) is 0 Å². The second-order valence-electron chi connectivity index (χ2n) is 6.95. The molecule has 134 valence electrons. The van der Waals surface area contributed by atoms with E-state index in [4.69, 9.17) is 4.74 Å². The Labute approximate surface area is 140 Å². The number of carbonyl (C=O) groups is 2. The predicted octanol–water partition coefficient (Wildman–Crippen LogP) is 0.966. The molecule has 1 aliphatic heterocycles. The van der Waals surface area contributed by atoms with Crippen molar-refractivity contribution in [2.75, 3.05) is 53.5 Å². The van der Waals surface area contributed by atoms with Crippen LogP contribution in [0.5, 0.6) is 0 Å². The maximum atomic E-state index is 12.0. The van der Waals surface area contributed by atoms with Crippen LogP contribution in [-0.2, 0) is 14.3 Å². The first-order chi connectivity index (χ1) is 10.9. The number of piperidine rings is 1. The summed E-state index contributed by atoms with van der Waals surface area (Å²) in [4.78, 5) is 27.7. The first kappa shape index (κ1) is 19.9. The molecule has 1 N–H and O–H groups in total. The van der Waals surface area contributed by atoms with E-state index in [1.165, 1.54) is 0 Å². The van der Waals surface area contributed by atoms with Crippen LogP contribution in [0.2, 0.25) is 0 Å². The number of rotatable bonds is 9. The summed E-state index contributed by atoms with van der Waals surface area (Å²) >= 11 is 0. The Balaban J connectivity index is 2.17. The minimum Gasteiger partial charge on any atom is -0.380 e. The van der Waals surface area contributed by atoms with Gasteiger partial charge < -0.3 is 15.0 Å². The van der Waals surface area contributed by atoms with Crippen molar-refractivity contribution in [2.45, 2.75) is 33.1 Å². The highest BCUT2D eigenvalue weighted by Gasteiger charge is 2.27. The summed E-state index contributed by atoms with van der Waals surface area (Å²) in [5.74, 6) is 0.830. The molecule has 1 atom stereocenters. The molecule has 1 aliphatic rings. The van der Waals surface area contributed by atoms with Gasteiger partial charge in [-0.3, -0.25) is 14.5 Å². The van der Waals surface area contributed by atoms with E-state index in [2.05, 4.69) is 24.1 Å². The number of hydrogen-bond acceptors (Lipinski definition) is 4. The highest BCUT2D eigenvalue weighted by Crippen LogP contribution is 2.17. The molecule has 0 aromatic heterocycles. The average molecular weight is 327 g/mol. The van der Waals surface area contributed by atoms with Gasteiger partial charge in [-0.1, -0.05) is 13.8 Å². The Morgan fingerprint density at radius 3 is 2.70 bits per heavy atom. The largest absolute Gasteiger partial charge is 0.380 e. The summed E-state index contributed by atoms with van der Waals surface area (Å²) in [5, 5.41) is 2.88. The molecule has 0 spiro atoms. The third-order valence-corrected chi connectivity index (χ3v) is 4.07. The number of ether oxygens (including phenoxy) is 1. The van der Waals surface area contributed by atoms with E-state index in [-0.39, 0.29) is 17.7 Å². The van der Waals surface area contributed by atoms with Gasteiger partial charge in [0, 0.05) is 33.8 Å². The summed E-state index contributed by atoms with van der Waals surface area (Å²) in [6.45, 7) is 8.10. The molecule has 0 aromatic carbocycles. The lowest BCUT2D eigenvalue weighted by molar-refractivity contribution is -0.135. The number of amides is 2. The van der Waals surface area contributed by atoms with Crippen molar-refractivity contribution in [2.24, 2.45) is 11.8 Å². The monoisotopic (exact) mass is 327 g/mol. The fourth-order valence-corrected chi connectivity index (χ4v) is 2.71. The van der Waals surface area contributed by atoms with Crippen LogP contribution in [0.15, 0.2) is 0 Å². The number of carbonyl (C=O) groups excluding carboxylic acids is 2. The van der Waals surface area contributed by atoms with Crippen molar-refractivity contribution in [3.8, 4) is 0 Å². The first-order valence-corrected chi connectivity index (χ1v) is 8.68. The molecule has 0 bridgehead atoms. The number of likely N-dealkylation sites (tertiary alicyclic amines) is 1. The van der Waals surface area contributed by atoms with Crippen LogP contribution in [0.3, 0.4) is 0 Å². The van der Waals surface area contributed by atoms with Gasteiger partial charge in [0.1, 0.15) is 0 Å². The normalized spacial score (nSPS) is 18.9. The molecule has 0 saturated carbocycles. The van der Waals surface area contributed by atoms with E-state index in [1.807, 2.05) is 0 Å². The summed E-state index contributed by atoms with van der Waals surface area (Å²) in [5.41, 5.74) is 0. The fraction of sp³-hybridized carbons (Fsp3) is 0.882. The number of nitrogens with zero attached hydrogens (tertiary/aromatic N) is 2. The Morgan fingerprint density at radius 2 is 2.04 bits per heavy atom. The molecule has 2 amide bonds. The van der Waals surface area contributed by atoms with Gasteiger partial charge in [-0.15, -0.1) is 0 Å². The van der Waals surface area contributed by atoms with Crippen molar-refractivity contribution in [3.05, 3.63) is 0 Å². The molecule has 1 unspecified atom stereocenters. The van der Waals surface area contributed by atoms with Crippen LogP contribution in [0.1, 0.15) is 33.1 Å². The molecule has 23 heavy (non-hydrogen) atoms. The van der Waals surface area contributed by atoms with E-state index >= 15 is 0 Å². The first-order valence-electron chi connectivity index (χ1n) is 8.68. The second-order valence-corrected chi connectivity index (χ2v) is 6.95. The maximum absolute atomic E-state index is 12.0. The second kappa shape index (κ2) is 10.6. The van der Waals surface area contributed by atoms with Gasteiger partial charge in [0.05, 0.1) is 19.1 Å². The summed E-state index contributed by atoms with van der Waals surface area (Å²) in [6.07, 6.45) is 2.93. The third-order valence-electron chi connectivity index (χ3n) is 4.07. The molecule has 1 fully saturated rings. The number of nitrogens with one attached hydrogen (secondary N) is 1. The van der Waals surface area contributed by atoms with E-state index in [9.17, 15) is 9.59 Å². The smallest absolute Gasteiger partial charge is 0.234 e. The quantitative estimate of drug-likeness (QED) is 0.641. The molecule has 6 nitrogen and oxygen atoms in total. The molecular formula is C17H33N3O3. The molecule has 1 rings (SSSR count).